The van der Waals surface area contributed by atoms with E-state index in [0.717, 1.165) is 0 Å². The summed E-state index contributed by atoms with van der Waals surface area (Å²) in [7, 11) is 0. The van der Waals surface area contributed by atoms with Gasteiger partial charge in [0.05, 0.1) is 17.4 Å². The molecule has 10 heteroatoms. The van der Waals surface area contributed by atoms with Crippen molar-refractivity contribution >= 4 is 23.3 Å². The van der Waals surface area contributed by atoms with Gasteiger partial charge in [0, 0.05) is 25.1 Å². The van der Waals surface area contributed by atoms with Crippen LogP contribution in [0.25, 0.3) is 0 Å². The third-order valence-electron chi connectivity index (χ3n) is 5.08. The molecule has 0 radical (unpaired) electrons. The van der Waals surface area contributed by atoms with Gasteiger partial charge in [-0.3, -0.25) is 19.7 Å². The van der Waals surface area contributed by atoms with Gasteiger partial charge in [0.2, 0.25) is 5.82 Å². The minimum atomic E-state index is -0.572. The molecule has 0 atom stereocenters. The lowest BCUT2D eigenvalue weighted by Gasteiger charge is -2.31. The summed E-state index contributed by atoms with van der Waals surface area (Å²) in [5, 5.41) is 11.8. The van der Waals surface area contributed by atoms with E-state index in [-0.39, 0.29) is 35.1 Å². The van der Waals surface area contributed by atoms with E-state index in [2.05, 4.69) is 9.97 Å². The van der Waals surface area contributed by atoms with E-state index in [1.54, 1.807) is 43.0 Å². The van der Waals surface area contributed by atoms with Gasteiger partial charge in [-0.25, -0.2) is 4.98 Å². The van der Waals surface area contributed by atoms with Crippen LogP contribution in [-0.4, -0.2) is 46.3 Å². The Bertz CT molecular complexity index is 955. The van der Waals surface area contributed by atoms with Crippen LogP contribution in [0.4, 0.5) is 11.5 Å². The molecule has 0 N–H and O–H groups in total. The lowest BCUT2D eigenvalue weighted by molar-refractivity contribution is -0.385. The molecule has 0 unspecified atom stereocenters. The normalized spacial score (nSPS) is 14.2. The van der Waals surface area contributed by atoms with Crippen LogP contribution in [0.2, 0.25) is 0 Å². The maximum absolute atomic E-state index is 11.9. The van der Waals surface area contributed by atoms with Crippen LogP contribution in [0.1, 0.15) is 43.5 Å². The van der Waals surface area contributed by atoms with Gasteiger partial charge in [-0.05, 0) is 44.0 Å². The second-order valence-corrected chi connectivity index (χ2v) is 7.02. The predicted octanol–water partition coefficient (Wildman–Crippen LogP) is 3.55. The number of esters is 1. The number of carbonyl (C=O) groups is 2. The second kappa shape index (κ2) is 9.96. The standard InChI is InChI=1S/C21H24N4O6/c1-3-17(26)14-5-7-16(8-6-14)31-20-18(25(28)29)19(22-13-23-20)24-11-9-15(10-12-24)21(27)30-4-2/h5-8,13,15H,3-4,9-12H2,1-2H3. The molecule has 1 aromatic heterocycles. The first-order valence-electron chi connectivity index (χ1n) is 10.2. The van der Waals surface area contributed by atoms with E-state index < -0.39 is 4.92 Å². The van der Waals surface area contributed by atoms with Gasteiger partial charge in [0.15, 0.2) is 5.78 Å². The molecular weight excluding hydrogens is 404 g/mol. The van der Waals surface area contributed by atoms with Gasteiger partial charge in [0.25, 0.3) is 0 Å². The first-order valence-corrected chi connectivity index (χ1v) is 10.2. The van der Waals surface area contributed by atoms with Crippen molar-refractivity contribution in [2.75, 3.05) is 24.6 Å². The van der Waals surface area contributed by atoms with Crippen LogP contribution >= 0.6 is 0 Å². The van der Waals surface area contributed by atoms with Gasteiger partial charge in [-0.2, -0.15) is 4.98 Å². The van der Waals surface area contributed by atoms with E-state index in [1.807, 2.05) is 0 Å². The molecule has 31 heavy (non-hydrogen) atoms. The average Bonchev–Trinajstić information content (AvgIpc) is 2.79. The number of hydrogen-bond donors (Lipinski definition) is 0. The number of benzene rings is 1. The van der Waals surface area contributed by atoms with Crippen LogP contribution in [0.15, 0.2) is 30.6 Å². The van der Waals surface area contributed by atoms with Gasteiger partial charge in [-0.15, -0.1) is 0 Å². The Morgan fingerprint density at radius 1 is 1.16 bits per heavy atom. The zero-order chi connectivity index (χ0) is 22.4. The number of nitrogens with zero attached hydrogens (tertiary/aromatic N) is 4. The maximum Gasteiger partial charge on any atom is 0.373 e. The minimum absolute atomic E-state index is 0.00641. The monoisotopic (exact) mass is 428 g/mol. The van der Waals surface area contributed by atoms with Gasteiger partial charge in [0.1, 0.15) is 12.1 Å². The summed E-state index contributed by atoms with van der Waals surface area (Å²) in [6, 6.07) is 6.35. The molecule has 2 aromatic rings. The maximum atomic E-state index is 11.9. The van der Waals surface area contributed by atoms with E-state index in [0.29, 0.717) is 50.3 Å². The number of hydrogen-bond acceptors (Lipinski definition) is 9. The number of Topliss-reactive ketones (excluding diaryl/α,β-unsaturated/α-hetero) is 1. The van der Waals surface area contributed by atoms with E-state index in [9.17, 15) is 19.7 Å². The number of aromatic nitrogens is 2. The third kappa shape index (κ3) is 5.14. The fraction of sp³-hybridized carbons (Fsp3) is 0.429. The van der Waals surface area contributed by atoms with Gasteiger partial charge >= 0.3 is 17.5 Å². The molecular formula is C21H24N4O6. The highest BCUT2D eigenvalue weighted by atomic mass is 16.6. The molecule has 1 saturated heterocycles. The van der Waals surface area contributed by atoms with Crippen molar-refractivity contribution in [3.8, 4) is 11.6 Å². The Morgan fingerprint density at radius 3 is 2.42 bits per heavy atom. The number of nitro groups is 1. The average molecular weight is 428 g/mol. The van der Waals surface area contributed by atoms with Crippen molar-refractivity contribution in [1.82, 2.24) is 9.97 Å². The molecule has 0 saturated carbocycles. The van der Waals surface area contributed by atoms with E-state index in [1.165, 1.54) is 6.33 Å². The number of piperidine rings is 1. The Labute approximate surface area is 179 Å². The number of carbonyl (C=O) groups excluding carboxylic acids is 2. The summed E-state index contributed by atoms with van der Waals surface area (Å²) < 4.78 is 10.7. The lowest BCUT2D eigenvalue weighted by Crippen LogP contribution is -2.37. The first-order chi connectivity index (χ1) is 14.9. The summed E-state index contributed by atoms with van der Waals surface area (Å²) in [6.07, 6.45) is 2.63. The Hall–Kier alpha value is -3.56. The largest absolute Gasteiger partial charge is 0.466 e. The van der Waals surface area contributed by atoms with Crippen molar-refractivity contribution in [3.63, 3.8) is 0 Å². The van der Waals surface area contributed by atoms with Crippen LogP contribution in [0.3, 0.4) is 0 Å². The second-order valence-electron chi connectivity index (χ2n) is 7.02. The highest BCUT2D eigenvalue weighted by Gasteiger charge is 2.33. The molecule has 0 spiro atoms. The van der Waals surface area contributed by atoms with Crippen LogP contribution < -0.4 is 9.64 Å². The van der Waals surface area contributed by atoms with Crippen molar-refractivity contribution < 1.29 is 24.0 Å². The first kappa shape index (κ1) is 22.1. The van der Waals surface area contributed by atoms with Crippen LogP contribution in [0, 0.1) is 16.0 Å². The van der Waals surface area contributed by atoms with Gasteiger partial charge in [-0.1, -0.05) is 6.92 Å². The molecule has 0 aliphatic carbocycles. The highest BCUT2D eigenvalue weighted by Crippen LogP contribution is 2.37. The summed E-state index contributed by atoms with van der Waals surface area (Å²) >= 11 is 0. The van der Waals surface area contributed by atoms with Crippen LogP contribution in [-0.2, 0) is 9.53 Å². The van der Waals surface area contributed by atoms with Crippen LogP contribution in [0.5, 0.6) is 11.6 Å². The predicted molar refractivity (Wildman–Crippen MR) is 111 cm³/mol. The quantitative estimate of drug-likeness (QED) is 0.268. The SMILES string of the molecule is CCOC(=O)C1CCN(c2ncnc(Oc3ccc(C(=O)CC)cc3)c2[N+](=O)[O-])CC1. The molecule has 10 nitrogen and oxygen atoms in total. The molecule has 1 aliphatic rings. The van der Waals surface area contributed by atoms with Crippen molar-refractivity contribution in [3.05, 3.63) is 46.3 Å². The van der Waals surface area contributed by atoms with Gasteiger partial charge < -0.3 is 14.4 Å². The van der Waals surface area contributed by atoms with Crippen molar-refractivity contribution in [2.45, 2.75) is 33.1 Å². The lowest BCUT2D eigenvalue weighted by atomic mass is 9.97. The number of ketones is 1. The third-order valence-corrected chi connectivity index (χ3v) is 5.08. The fourth-order valence-corrected chi connectivity index (χ4v) is 3.43. The molecule has 0 amide bonds. The molecule has 2 heterocycles. The Kier molecular flexibility index (Phi) is 7.11. The Balaban J connectivity index is 1.80. The molecule has 1 fully saturated rings. The highest BCUT2D eigenvalue weighted by molar-refractivity contribution is 5.95. The molecule has 164 valence electrons. The topological polar surface area (TPSA) is 125 Å². The smallest absolute Gasteiger partial charge is 0.373 e. The molecule has 0 bridgehead atoms. The molecule has 1 aromatic carbocycles. The fourth-order valence-electron chi connectivity index (χ4n) is 3.43. The molecule has 3 rings (SSSR count). The van der Waals surface area contributed by atoms with E-state index in [4.69, 9.17) is 9.47 Å². The zero-order valence-corrected chi connectivity index (χ0v) is 17.4. The van der Waals surface area contributed by atoms with Crippen molar-refractivity contribution in [1.29, 1.82) is 0 Å². The summed E-state index contributed by atoms with van der Waals surface area (Å²) in [5.41, 5.74) is 0.197. The van der Waals surface area contributed by atoms with Crippen molar-refractivity contribution in [2.24, 2.45) is 5.92 Å². The summed E-state index contributed by atoms with van der Waals surface area (Å²) in [4.78, 5) is 44.8. The summed E-state index contributed by atoms with van der Waals surface area (Å²) in [5.74, 6) is -0.188. The zero-order valence-electron chi connectivity index (χ0n) is 17.4. The number of rotatable bonds is 8. The minimum Gasteiger partial charge on any atom is -0.466 e. The number of ether oxygens (including phenoxy) is 2. The summed E-state index contributed by atoms with van der Waals surface area (Å²) in [6.45, 7) is 4.70. The van der Waals surface area contributed by atoms with E-state index >= 15 is 0 Å². The number of anilines is 1. The Morgan fingerprint density at radius 2 is 1.84 bits per heavy atom. The molecule has 1 aliphatic heterocycles.